The second-order valence-electron chi connectivity index (χ2n) is 10.7. The van der Waals surface area contributed by atoms with E-state index in [2.05, 4.69) is 5.32 Å². The van der Waals surface area contributed by atoms with Crippen LogP contribution in [0.1, 0.15) is 31.9 Å². The molecule has 7 nitrogen and oxygen atoms in total. The normalized spacial score (nSPS) is 12.5. The number of halogens is 5. The van der Waals surface area contributed by atoms with Gasteiger partial charge in [-0.05, 0) is 56.2 Å². The number of sulfonamides is 1. The molecule has 0 saturated carbocycles. The molecule has 0 aromatic heterocycles. The molecule has 0 aliphatic carbocycles. The Morgan fingerprint density at radius 3 is 2.05 bits per heavy atom. The lowest BCUT2D eigenvalue weighted by atomic mass is 10.0. The zero-order chi connectivity index (χ0) is 31.4. The maximum Gasteiger partial charge on any atom is 0.244 e. The number of hydrogen-bond acceptors (Lipinski definition) is 4. The minimum absolute atomic E-state index is 0.0266. The molecule has 3 aromatic rings. The molecule has 226 valence electrons. The van der Waals surface area contributed by atoms with Crippen molar-refractivity contribution in [2.45, 2.75) is 45.3 Å². The summed E-state index contributed by atoms with van der Waals surface area (Å²) < 4.78 is 26.8. The molecule has 0 bridgehead atoms. The van der Waals surface area contributed by atoms with E-state index in [9.17, 15) is 18.0 Å². The van der Waals surface area contributed by atoms with Crippen LogP contribution in [0.5, 0.6) is 0 Å². The number of hydrogen-bond donors (Lipinski definition) is 1. The molecular formula is C29H30Cl5N3O4S. The predicted octanol–water partition coefficient (Wildman–Crippen LogP) is 7.27. The quantitative estimate of drug-likeness (QED) is 0.226. The zero-order valence-corrected chi connectivity index (χ0v) is 27.9. The first-order chi connectivity index (χ1) is 19.5. The summed E-state index contributed by atoms with van der Waals surface area (Å²) in [5.41, 5.74) is 0.643. The highest BCUT2D eigenvalue weighted by molar-refractivity contribution is 7.92. The van der Waals surface area contributed by atoms with E-state index in [1.54, 1.807) is 12.1 Å². The van der Waals surface area contributed by atoms with Crippen LogP contribution in [0.3, 0.4) is 0 Å². The topological polar surface area (TPSA) is 86.8 Å². The number of carbonyl (C=O) groups is 2. The maximum atomic E-state index is 14.2. The second kappa shape index (κ2) is 14.1. The maximum absolute atomic E-state index is 14.2. The molecule has 2 amide bonds. The number of rotatable bonds is 10. The van der Waals surface area contributed by atoms with E-state index in [1.807, 2.05) is 51.1 Å². The average molecular weight is 694 g/mol. The van der Waals surface area contributed by atoms with Gasteiger partial charge in [0.15, 0.2) is 0 Å². The van der Waals surface area contributed by atoms with Gasteiger partial charge in [-0.2, -0.15) is 0 Å². The largest absolute Gasteiger partial charge is 0.350 e. The van der Waals surface area contributed by atoms with E-state index in [1.165, 1.54) is 23.1 Å². The molecule has 13 heteroatoms. The molecule has 3 rings (SSSR count). The standard InChI is InChI=1S/C29H30Cl5N3O4S/c1-29(2,3)35-28(39)26(12-18-8-6-5-7-9-18)36(16-19-10-11-20(30)13-21(19)31)27(38)17-37(42(4,40)41)25-15-23(33)22(32)14-24(25)34/h5-11,13-15,26H,12,16-17H2,1-4H3,(H,35,39)/t26-/m0/s1. The third-order valence-electron chi connectivity index (χ3n) is 6.06. The number of amides is 2. The highest BCUT2D eigenvalue weighted by Gasteiger charge is 2.35. The molecule has 0 radical (unpaired) electrons. The lowest BCUT2D eigenvalue weighted by molar-refractivity contribution is -0.140. The first kappa shape index (κ1) is 34.3. The summed E-state index contributed by atoms with van der Waals surface area (Å²) in [7, 11) is -4.06. The van der Waals surface area contributed by atoms with Crippen molar-refractivity contribution >= 4 is 85.5 Å². The van der Waals surface area contributed by atoms with Gasteiger partial charge in [0, 0.05) is 28.5 Å². The van der Waals surface area contributed by atoms with Crippen molar-refractivity contribution in [2.24, 2.45) is 0 Å². The van der Waals surface area contributed by atoms with Crippen molar-refractivity contribution in [3.8, 4) is 0 Å². The minimum Gasteiger partial charge on any atom is -0.350 e. The lowest BCUT2D eigenvalue weighted by Crippen LogP contribution is -2.56. The number of nitrogens with zero attached hydrogens (tertiary/aromatic N) is 2. The molecule has 42 heavy (non-hydrogen) atoms. The van der Waals surface area contributed by atoms with E-state index in [4.69, 9.17) is 58.0 Å². The summed E-state index contributed by atoms with van der Waals surface area (Å²) in [5.74, 6) is -1.11. The van der Waals surface area contributed by atoms with Crippen LogP contribution in [0.2, 0.25) is 25.1 Å². The summed E-state index contributed by atoms with van der Waals surface area (Å²) >= 11 is 31.2. The fourth-order valence-corrected chi connectivity index (χ4v) is 6.15. The Labute approximate surface area is 271 Å². The van der Waals surface area contributed by atoms with Gasteiger partial charge in [0.25, 0.3) is 0 Å². The van der Waals surface area contributed by atoms with E-state index >= 15 is 0 Å². The zero-order valence-electron chi connectivity index (χ0n) is 23.3. The summed E-state index contributed by atoms with van der Waals surface area (Å²) in [4.78, 5) is 29.3. The van der Waals surface area contributed by atoms with Crippen LogP contribution in [-0.2, 0) is 32.6 Å². The highest BCUT2D eigenvalue weighted by atomic mass is 35.5. The molecule has 1 atom stereocenters. The number of anilines is 1. The summed E-state index contributed by atoms with van der Waals surface area (Å²) in [6.07, 6.45) is 1.08. The van der Waals surface area contributed by atoms with Gasteiger partial charge < -0.3 is 10.2 Å². The van der Waals surface area contributed by atoms with Gasteiger partial charge in [-0.25, -0.2) is 8.42 Å². The highest BCUT2D eigenvalue weighted by Crippen LogP contribution is 2.36. The molecule has 0 aliphatic rings. The van der Waals surface area contributed by atoms with Crippen molar-refractivity contribution < 1.29 is 18.0 Å². The van der Waals surface area contributed by atoms with Crippen molar-refractivity contribution in [3.05, 3.63) is 96.9 Å². The third kappa shape index (κ3) is 9.40. The summed E-state index contributed by atoms with van der Waals surface area (Å²) in [5, 5.41) is 3.76. The van der Waals surface area contributed by atoms with Gasteiger partial charge in [-0.1, -0.05) is 94.4 Å². The monoisotopic (exact) mass is 691 g/mol. The number of nitrogens with one attached hydrogen (secondary N) is 1. The van der Waals surface area contributed by atoms with Crippen molar-refractivity contribution in [3.63, 3.8) is 0 Å². The van der Waals surface area contributed by atoms with Gasteiger partial charge in [0.2, 0.25) is 21.8 Å². The van der Waals surface area contributed by atoms with Crippen molar-refractivity contribution in [2.75, 3.05) is 17.1 Å². The molecule has 0 heterocycles. The molecule has 1 N–H and O–H groups in total. The lowest BCUT2D eigenvalue weighted by Gasteiger charge is -2.35. The summed E-state index contributed by atoms with van der Waals surface area (Å²) in [6, 6.07) is 15.5. The Kier molecular flexibility index (Phi) is 11.5. The minimum atomic E-state index is -4.06. The number of benzene rings is 3. The Morgan fingerprint density at radius 1 is 0.857 bits per heavy atom. The molecule has 0 fully saturated rings. The fourth-order valence-electron chi connectivity index (χ4n) is 4.14. The van der Waals surface area contributed by atoms with Gasteiger partial charge in [0.05, 0.1) is 27.0 Å². The van der Waals surface area contributed by atoms with Crippen molar-refractivity contribution in [1.82, 2.24) is 10.2 Å². The van der Waals surface area contributed by atoms with Crippen LogP contribution in [0.15, 0.2) is 60.7 Å². The van der Waals surface area contributed by atoms with Gasteiger partial charge in [-0.15, -0.1) is 0 Å². The molecule has 0 saturated heterocycles. The van der Waals surface area contributed by atoms with Crippen LogP contribution >= 0.6 is 58.0 Å². The first-order valence-electron chi connectivity index (χ1n) is 12.7. The van der Waals surface area contributed by atoms with Gasteiger partial charge in [0.1, 0.15) is 12.6 Å². The van der Waals surface area contributed by atoms with Crippen LogP contribution in [-0.4, -0.2) is 49.5 Å². The Morgan fingerprint density at radius 2 is 1.48 bits per heavy atom. The van der Waals surface area contributed by atoms with E-state index in [-0.39, 0.29) is 38.7 Å². The van der Waals surface area contributed by atoms with Crippen LogP contribution in [0.4, 0.5) is 5.69 Å². The van der Waals surface area contributed by atoms with Gasteiger partial charge in [-0.3, -0.25) is 13.9 Å². The van der Waals surface area contributed by atoms with Gasteiger partial charge >= 0.3 is 0 Å². The van der Waals surface area contributed by atoms with Crippen LogP contribution < -0.4 is 9.62 Å². The number of carbonyl (C=O) groups excluding carboxylic acids is 2. The van der Waals surface area contributed by atoms with E-state index < -0.39 is 40.0 Å². The van der Waals surface area contributed by atoms with Crippen LogP contribution in [0.25, 0.3) is 0 Å². The second-order valence-corrected chi connectivity index (χ2v) is 14.7. The Hall–Kier alpha value is -2.20. The molecule has 0 spiro atoms. The van der Waals surface area contributed by atoms with Crippen LogP contribution in [0, 0.1) is 0 Å². The summed E-state index contributed by atoms with van der Waals surface area (Å²) in [6.45, 7) is 4.67. The predicted molar refractivity (Wildman–Crippen MR) is 173 cm³/mol. The smallest absolute Gasteiger partial charge is 0.244 e. The Bertz CT molecular complexity index is 1560. The SMILES string of the molecule is CC(C)(C)NC(=O)[C@H](Cc1ccccc1)N(Cc1ccc(Cl)cc1Cl)C(=O)CN(c1cc(Cl)c(Cl)cc1Cl)S(C)(=O)=O. The van der Waals surface area contributed by atoms with E-state index in [0.29, 0.717) is 10.6 Å². The molecular weight excluding hydrogens is 664 g/mol. The van der Waals surface area contributed by atoms with Crippen molar-refractivity contribution in [1.29, 1.82) is 0 Å². The Balaban J connectivity index is 2.14. The fraction of sp³-hybridized carbons (Fsp3) is 0.310. The molecule has 3 aromatic carbocycles. The molecule has 0 unspecified atom stereocenters. The first-order valence-corrected chi connectivity index (χ1v) is 16.4. The van der Waals surface area contributed by atoms with E-state index in [0.717, 1.165) is 16.1 Å². The average Bonchev–Trinajstić information content (AvgIpc) is 2.87. The third-order valence-corrected chi connectivity index (χ3v) is 8.80. The molecule has 0 aliphatic heterocycles.